The maximum atomic E-state index is 13.9. The molecule has 0 aromatic heterocycles. The van der Waals surface area contributed by atoms with Gasteiger partial charge in [0.05, 0.1) is 12.2 Å². The normalized spacial score (nSPS) is 21.8. The van der Waals surface area contributed by atoms with Crippen molar-refractivity contribution in [3.63, 3.8) is 0 Å². The third-order valence-electron chi connectivity index (χ3n) is 3.90. The average Bonchev–Trinajstić information content (AvgIpc) is 2.51. The lowest BCUT2D eigenvalue weighted by molar-refractivity contribution is -0.140. The van der Waals surface area contributed by atoms with Crippen molar-refractivity contribution >= 4 is 5.97 Å². The summed E-state index contributed by atoms with van der Waals surface area (Å²) in [6.45, 7) is 3.83. The average molecular weight is 310 g/mol. The first-order valence-electron chi connectivity index (χ1n) is 7.50. The monoisotopic (exact) mass is 310 g/mol. The molecule has 0 unspecified atom stereocenters. The van der Waals surface area contributed by atoms with E-state index in [0.29, 0.717) is 5.92 Å². The summed E-state index contributed by atoms with van der Waals surface area (Å²) in [6, 6.07) is 2.45. The molecule has 0 saturated heterocycles. The Kier molecular flexibility index (Phi) is 5.52. The highest BCUT2D eigenvalue weighted by atomic mass is 19.2. The predicted octanol–water partition coefficient (Wildman–Crippen LogP) is 4.61. The van der Waals surface area contributed by atoms with Crippen LogP contribution in [0.3, 0.4) is 0 Å². The van der Waals surface area contributed by atoms with Crippen LogP contribution in [0.2, 0.25) is 0 Å². The number of carbonyl (C=O) groups is 1. The Hall–Kier alpha value is -1.91. The minimum Gasteiger partial charge on any atom is -0.462 e. The summed E-state index contributed by atoms with van der Waals surface area (Å²) in [5.74, 6) is -3.15. The summed E-state index contributed by atoms with van der Waals surface area (Å²) >= 11 is 0. The highest BCUT2D eigenvalue weighted by Crippen LogP contribution is 2.32. The van der Waals surface area contributed by atoms with Gasteiger partial charge >= 0.3 is 5.97 Å². The molecule has 1 aliphatic rings. The molecule has 0 heterocycles. The molecule has 1 fully saturated rings. The number of esters is 1. The quantitative estimate of drug-likeness (QED) is 0.463. The van der Waals surface area contributed by atoms with Crippen LogP contribution in [0.4, 0.5) is 8.78 Å². The van der Waals surface area contributed by atoms with Crippen molar-refractivity contribution in [2.75, 3.05) is 0 Å². The molecule has 1 aromatic carbocycles. The van der Waals surface area contributed by atoms with E-state index in [1.54, 1.807) is 13.0 Å². The van der Waals surface area contributed by atoms with Gasteiger partial charge in [-0.25, -0.2) is 0 Å². The van der Waals surface area contributed by atoms with Crippen molar-refractivity contribution in [2.45, 2.75) is 39.5 Å². The fraction of sp³-hybridized carbons (Fsp3) is 0.471. The van der Waals surface area contributed by atoms with E-state index in [4.69, 9.17) is 9.47 Å². The third-order valence-corrected chi connectivity index (χ3v) is 3.90. The number of halogens is 2. The van der Waals surface area contributed by atoms with Gasteiger partial charge in [0, 0.05) is 0 Å². The summed E-state index contributed by atoms with van der Waals surface area (Å²) in [6.07, 6.45) is 6.15. The molecule has 1 aromatic rings. The smallest absolute Gasteiger partial charge is 0.314 e. The van der Waals surface area contributed by atoms with Crippen LogP contribution in [0, 0.1) is 23.5 Å². The number of hydrogen-bond acceptors (Lipinski definition) is 3. The van der Waals surface area contributed by atoms with E-state index < -0.39 is 23.4 Å². The molecule has 0 atom stereocenters. The van der Waals surface area contributed by atoms with Gasteiger partial charge in [-0.05, 0) is 50.7 Å². The van der Waals surface area contributed by atoms with Crippen LogP contribution in [0.5, 0.6) is 11.5 Å². The Bertz CT molecular complexity index is 561. The number of carbonyl (C=O) groups excluding carboxylic acids is 1. The number of hydrogen-bond donors (Lipinski definition) is 0. The number of allylic oxidation sites excluding steroid dienone is 1. The standard InChI is InChI=1S/C17H20F2O3/c1-3-10-21-13-8-9-14(16(19)15(13)18)22-17(20)12-6-4-11(2)5-7-12/h3,8-12H,4-7H2,1-2H3/b10-3+. The predicted molar refractivity (Wildman–Crippen MR) is 78.6 cm³/mol. The zero-order valence-corrected chi connectivity index (χ0v) is 12.8. The summed E-state index contributed by atoms with van der Waals surface area (Å²) in [5.41, 5.74) is 0. The summed E-state index contributed by atoms with van der Waals surface area (Å²) in [5, 5.41) is 0. The molecule has 0 bridgehead atoms. The van der Waals surface area contributed by atoms with Crippen LogP contribution >= 0.6 is 0 Å². The maximum Gasteiger partial charge on any atom is 0.314 e. The Labute approximate surface area is 128 Å². The number of rotatable bonds is 4. The van der Waals surface area contributed by atoms with E-state index in [-0.39, 0.29) is 11.7 Å². The van der Waals surface area contributed by atoms with Gasteiger partial charge < -0.3 is 9.47 Å². The third kappa shape index (κ3) is 3.84. The van der Waals surface area contributed by atoms with Gasteiger partial charge in [-0.1, -0.05) is 13.0 Å². The van der Waals surface area contributed by atoms with Crippen LogP contribution in [0.1, 0.15) is 39.5 Å². The fourth-order valence-corrected chi connectivity index (χ4v) is 2.51. The van der Waals surface area contributed by atoms with Gasteiger partial charge in [-0.3, -0.25) is 4.79 Å². The second-order valence-corrected chi connectivity index (χ2v) is 5.65. The largest absolute Gasteiger partial charge is 0.462 e. The Morgan fingerprint density at radius 1 is 1.14 bits per heavy atom. The summed E-state index contributed by atoms with van der Waals surface area (Å²) < 4.78 is 37.7. The van der Waals surface area contributed by atoms with Gasteiger partial charge in [0.15, 0.2) is 11.5 Å². The highest BCUT2D eigenvalue weighted by Gasteiger charge is 2.27. The first kappa shape index (κ1) is 16.5. The Morgan fingerprint density at radius 3 is 2.36 bits per heavy atom. The van der Waals surface area contributed by atoms with Crippen LogP contribution in [0.15, 0.2) is 24.5 Å². The molecule has 0 N–H and O–H groups in total. The number of ether oxygens (including phenoxy) is 2. The molecular formula is C17H20F2O3. The lowest BCUT2D eigenvalue weighted by Crippen LogP contribution is -2.25. The minimum absolute atomic E-state index is 0.238. The van der Waals surface area contributed by atoms with Crippen molar-refractivity contribution < 1.29 is 23.0 Å². The van der Waals surface area contributed by atoms with Crippen molar-refractivity contribution in [1.82, 2.24) is 0 Å². The molecule has 22 heavy (non-hydrogen) atoms. The molecule has 5 heteroatoms. The SMILES string of the molecule is C/C=C/Oc1ccc(OC(=O)C2CCC(C)CC2)c(F)c1F. The van der Waals surface area contributed by atoms with E-state index in [1.165, 1.54) is 18.4 Å². The zero-order chi connectivity index (χ0) is 16.1. The topological polar surface area (TPSA) is 35.5 Å². The van der Waals surface area contributed by atoms with Gasteiger partial charge in [-0.15, -0.1) is 0 Å². The van der Waals surface area contributed by atoms with Crippen LogP contribution in [-0.2, 0) is 4.79 Å². The maximum absolute atomic E-state index is 13.9. The number of benzene rings is 1. The zero-order valence-electron chi connectivity index (χ0n) is 12.8. The van der Waals surface area contributed by atoms with Gasteiger partial charge in [-0.2, -0.15) is 8.78 Å². The first-order valence-corrected chi connectivity index (χ1v) is 7.50. The van der Waals surface area contributed by atoms with E-state index in [9.17, 15) is 13.6 Å². The van der Waals surface area contributed by atoms with Gasteiger partial charge in [0.25, 0.3) is 0 Å². The molecule has 0 radical (unpaired) electrons. The van der Waals surface area contributed by atoms with Crippen LogP contribution < -0.4 is 9.47 Å². The molecule has 1 saturated carbocycles. The molecule has 120 valence electrons. The van der Waals surface area contributed by atoms with Crippen molar-refractivity contribution in [2.24, 2.45) is 11.8 Å². The fourth-order valence-electron chi connectivity index (χ4n) is 2.51. The second kappa shape index (κ2) is 7.38. The molecule has 0 spiro atoms. The van der Waals surface area contributed by atoms with E-state index in [0.717, 1.165) is 25.7 Å². The molecule has 3 nitrogen and oxygen atoms in total. The summed E-state index contributed by atoms with van der Waals surface area (Å²) in [4.78, 5) is 12.0. The first-order chi connectivity index (χ1) is 10.5. The molecular weight excluding hydrogens is 290 g/mol. The molecule has 0 amide bonds. The van der Waals surface area contributed by atoms with Gasteiger partial charge in [0.1, 0.15) is 0 Å². The van der Waals surface area contributed by atoms with Crippen molar-refractivity contribution in [1.29, 1.82) is 0 Å². The lowest BCUT2D eigenvalue weighted by atomic mass is 9.83. The lowest BCUT2D eigenvalue weighted by Gasteiger charge is -2.24. The van der Waals surface area contributed by atoms with Gasteiger partial charge in [0.2, 0.25) is 11.6 Å². The van der Waals surface area contributed by atoms with Crippen LogP contribution in [-0.4, -0.2) is 5.97 Å². The Morgan fingerprint density at radius 2 is 1.73 bits per heavy atom. The van der Waals surface area contributed by atoms with E-state index in [1.807, 2.05) is 0 Å². The minimum atomic E-state index is -1.21. The molecule has 1 aliphatic carbocycles. The highest BCUT2D eigenvalue weighted by molar-refractivity contribution is 5.75. The summed E-state index contributed by atoms with van der Waals surface area (Å²) in [7, 11) is 0. The van der Waals surface area contributed by atoms with Crippen molar-refractivity contribution in [3.05, 3.63) is 36.1 Å². The second-order valence-electron chi connectivity index (χ2n) is 5.65. The van der Waals surface area contributed by atoms with E-state index in [2.05, 4.69) is 6.92 Å². The van der Waals surface area contributed by atoms with Crippen LogP contribution in [0.25, 0.3) is 0 Å². The Balaban J connectivity index is 2.06. The molecule has 2 rings (SSSR count). The molecule has 0 aliphatic heterocycles. The van der Waals surface area contributed by atoms with E-state index >= 15 is 0 Å². The van der Waals surface area contributed by atoms with Crippen molar-refractivity contribution in [3.8, 4) is 11.5 Å².